The van der Waals surface area contributed by atoms with Gasteiger partial charge >= 0.3 is 0 Å². The van der Waals surface area contributed by atoms with Crippen LogP contribution in [-0.4, -0.2) is 49.9 Å². The minimum atomic E-state index is -1.46. The molecule has 7 rings (SSSR count). The number of rotatable bonds is 4. The lowest BCUT2D eigenvalue weighted by Crippen LogP contribution is -2.56. The van der Waals surface area contributed by atoms with Crippen molar-refractivity contribution < 1.29 is 23.9 Å². The molecule has 3 aromatic carbocycles. The van der Waals surface area contributed by atoms with Crippen molar-refractivity contribution in [3.63, 3.8) is 0 Å². The zero-order chi connectivity index (χ0) is 27.8. The number of hydrogen-bond donors (Lipinski definition) is 1. The quantitative estimate of drug-likeness (QED) is 0.515. The van der Waals surface area contributed by atoms with Crippen LogP contribution in [0.2, 0.25) is 0 Å². The van der Waals surface area contributed by atoms with Crippen LogP contribution in [0, 0.1) is 11.8 Å². The number of fused-ring (bicyclic) bond motifs is 5. The van der Waals surface area contributed by atoms with Crippen molar-refractivity contribution >= 4 is 40.7 Å². The number of carbonyl (C=O) groups excluding carboxylic acids is 4. The van der Waals surface area contributed by atoms with E-state index < -0.39 is 35.2 Å². The largest absolute Gasteiger partial charge is 0.495 e. The van der Waals surface area contributed by atoms with E-state index >= 15 is 0 Å². The molecule has 3 aromatic rings. The second-order valence-electron chi connectivity index (χ2n) is 10.8. The molecule has 0 unspecified atom stereocenters. The van der Waals surface area contributed by atoms with Gasteiger partial charge < -0.3 is 14.5 Å². The van der Waals surface area contributed by atoms with Gasteiger partial charge in [-0.2, -0.15) is 0 Å². The zero-order valence-electron chi connectivity index (χ0n) is 22.2. The molecule has 0 saturated carbocycles. The number of ether oxygens (including phenoxy) is 1. The molecular formula is C31H28N4O5. The monoisotopic (exact) mass is 536 g/mol. The molecule has 2 fully saturated rings. The molecule has 0 radical (unpaired) electrons. The highest BCUT2D eigenvalue weighted by Crippen LogP contribution is 2.55. The second kappa shape index (κ2) is 8.76. The maximum Gasteiger partial charge on any atom is 0.253 e. The average Bonchev–Trinajstić information content (AvgIpc) is 3.67. The summed E-state index contributed by atoms with van der Waals surface area (Å²) in [7, 11) is 1.49. The molecule has 4 aliphatic rings. The number of nitrogens with zero attached hydrogens (tertiary/aromatic N) is 3. The van der Waals surface area contributed by atoms with Gasteiger partial charge in [0, 0.05) is 29.5 Å². The van der Waals surface area contributed by atoms with Gasteiger partial charge in [0.2, 0.25) is 17.7 Å². The van der Waals surface area contributed by atoms with Crippen LogP contribution in [0.5, 0.6) is 5.75 Å². The molecule has 0 aromatic heterocycles. The molecule has 4 amide bonds. The predicted molar refractivity (Wildman–Crippen MR) is 148 cm³/mol. The van der Waals surface area contributed by atoms with E-state index in [-0.39, 0.29) is 18.4 Å². The normalized spacial score (nSPS) is 26.5. The summed E-state index contributed by atoms with van der Waals surface area (Å²) >= 11 is 0. The third-order valence-electron chi connectivity index (χ3n) is 8.82. The third kappa shape index (κ3) is 3.12. The molecule has 1 spiro atoms. The maximum atomic E-state index is 14.5. The molecule has 9 heteroatoms. The average molecular weight is 537 g/mol. The Kier molecular flexibility index (Phi) is 5.37. The van der Waals surface area contributed by atoms with Crippen molar-refractivity contribution in [3.8, 4) is 5.75 Å². The summed E-state index contributed by atoms with van der Waals surface area (Å²) in [6.45, 7) is 2.21. The number of imide groups is 1. The molecule has 4 aliphatic heterocycles. The lowest BCUT2D eigenvalue weighted by atomic mass is 9.76. The first-order valence-corrected chi connectivity index (χ1v) is 13.5. The lowest BCUT2D eigenvalue weighted by molar-refractivity contribution is -0.132. The number of amides is 4. The molecule has 40 heavy (non-hydrogen) atoms. The van der Waals surface area contributed by atoms with Crippen molar-refractivity contribution in [2.75, 3.05) is 34.9 Å². The van der Waals surface area contributed by atoms with E-state index in [9.17, 15) is 19.2 Å². The van der Waals surface area contributed by atoms with E-state index in [2.05, 4.69) is 5.32 Å². The van der Waals surface area contributed by atoms with E-state index in [0.717, 1.165) is 22.6 Å². The summed E-state index contributed by atoms with van der Waals surface area (Å²) in [5, 5.41) is 3.37. The van der Waals surface area contributed by atoms with Crippen molar-refractivity contribution in [1.82, 2.24) is 5.32 Å². The van der Waals surface area contributed by atoms with Gasteiger partial charge in [0.05, 0.1) is 24.6 Å². The Balaban J connectivity index is 1.28. The third-order valence-corrected chi connectivity index (χ3v) is 8.82. The van der Waals surface area contributed by atoms with Gasteiger partial charge in [-0.1, -0.05) is 48.5 Å². The molecule has 1 N–H and O–H groups in total. The van der Waals surface area contributed by atoms with E-state index in [1.807, 2.05) is 49.4 Å². The van der Waals surface area contributed by atoms with E-state index in [0.29, 0.717) is 29.2 Å². The second-order valence-corrected chi connectivity index (χ2v) is 10.8. The number of methoxy groups -OCH3 is 1. The summed E-state index contributed by atoms with van der Waals surface area (Å²) in [4.78, 5) is 60.4. The summed E-state index contributed by atoms with van der Waals surface area (Å²) in [6.07, 6.45) is 0.759. The highest BCUT2D eigenvalue weighted by atomic mass is 16.5. The fourth-order valence-electron chi connectivity index (χ4n) is 7.14. The fourth-order valence-corrected chi connectivity index (χ4v) is 7.14. The van der Waals surface area contributed by atoms with Gasteiger partial charge in [0.25, 0.3) is 5.91 Å². The maximum absolute atomic E-state index is 14.5. The predicted octanol–water partition coefficient (Wildman–Crippen LogP) is 2.62. The van der Waals surface area contributed by atoms with Crippen LogP contribution < -0.4 is 24.8 Å². The molecule has 9 nitrogen and oxygen atoms in total. The topological polar surface area (TPSA) is 99.3 Å². The molecule has 4 heterocycles. The van der Waals surface area contributed by atoms with Crippen LogP contribution in [0.3, 0.4) is 0 Å². The molecular weight excluding hydrogens is 508 g/mol. The summed E-state index contributed by atoms with van der Waals surface area (Å²) < 4.78 is 5.45. The van der Waals surface area contributed by atoms with Gasteiger partial charge in [0.15, 0.2) is 0 Å². The lowest BCUT2D eigenvalue weighted by Gasteiger charge is -2.30. The summed E-state index contributed by atoms with van der Waals surface area (Å²) in [5.74, 6) is -2.74. The van der Waals surface area contributed by atoms with E-state index in [1.54, 1.807) is 35.2 Å². The van der Waals surface area contributed by atoms with Gasteiger partial charge in [0.1, 0.15) is 17.8 Å². The van der Waals surface area contributed by atoms with Crippen molar-refractivity contribution in [2.45, 2.75) is 24.9 Å². The Morgan fingerprint density at radius 2 is 1.60 bits per heavy atom. The minimum absolute atomic E-state index is 0.169. The fraction of sp³-hybridized carbons (Fsp3) is 0.290. The standard InChI is InChI=1S/C31H28N4O5/c1-18-26-27(29(38)35(28(26)37)23-13-7-8-14-24(23)40-2)31(32-18)20-10-4-6-12-22(20)34(30(31)39)17-25(36)33-16-15-19-9-3-5-11-21(19)33/h3-14,18,26-27,32H,15-17H2,1-2H3/t18-,26+,27-,31-/m0/s1. The van der Waals surface area contributed by atoms with Crippen LogP contribution in [0.15, 0.2) is 72.8 Å². The SMILES string of the molecule is COc1ccccc1N1C(=O)[C@@H]2[C@H](C)N[C@]3(C(=O)N(CC(=O)N4CCc5ccccc54)c4ccccc43)[C@@H]2C1=O. The van der Waals surface area contributed by atoms with E-state index in [1.165, 1.54) is 12.0 Å². The molecule has 4 atom stereocenters. The Bertz CT molecular complexity index is 1600. The highest BCUT2D eigenvalue weighted by molar-refractivity contribution is 6.26. The molecule has 2 saturated heterocycles. The number of anilines is 3. The van der Waals surface area contributed by atoms with Gasteiger partial charge in [-0.3, -0.25) is 24.5 Å². The first-order chi connectivity index (χ1) is 19.4. The van der Waals surface area contributed by atoms with Crippen LogP contribution in [-0.2, 0) is 31.1 Å². The van der Waals surface area contributed by atoms with Gasteiger partial charge in [-0.15, -0.1) is 0 Å². The Morgan fingerprint density at radius 3 is 2.38 bits per heavy atom. The number of nitrogens with one attached hydrogen (secondary N) is 1. The first-order valence-electron chi connectivity index (χ1n) is 13.5. The number of carbonyl (C=O) groups is 4. The minimum Gasteiger partial charge on any atom is -0.495 e. The Labute approximate surface area is 231 Å². The van der Waals surface area contributed by atoms with Gasteiger partial charge in [-0.05, 0) is 43.2 Å². The number of para-hydroxylation sites is 4. The summed E-state index contributed by atoms with van der Waals surface area (Å²) in [5.41, 5.74) is 2.03. The van der Waals surface area contributed by atoms with Crippen LogP contribution in [0.25, 0.3) is 0 Å². The first kappa shape index (κ1) is 24.5. The van der Waals surface area contributed by atoms with Crippen molar-refractivity contribution in [1.29, 1.82) is 0 Å². The zero-order valence-corrected chi connectivity index (χ0v) is 22.2. The molecule has 0 bridgehead atoms. The number of hydrogen-bond acceptors (Lipinski definition) is 6. The van der Waals surface area contributed by atoms with Gasteiger partial charge in [-0.25, -0.2) is 4.90 Å². The molecule has 202 valence electrons. The van der Waals surface area contributed by atoms with Crippen LogP contribution >= 0.6 is 0 Å². The van der Waals surface area contributed by atoms with Crippen molar-refractivity contribution in [2.24, 2.45) is 11.8 Å². The number of benzene rings is 3. The van der Waals surface area contributed by atoms with Crippen LogP contribution in [0.1, 0.15) is 18.1 Å². The highest BCUT2D eigenvalue weighted by Gasteiger charge is 2.71. The van der Waals surface area contributed by atoms with E-state index in [4.69, 9.17) is 4.74 Å². The molecule has 0 aliphatic carbocycles. The summed E-state index contributed by atoms with van der Waals surface area (Å²) in [6, 6.07) is 21.4. The smallest absolute Gasteiger partial charge is 0.253 e. The van der Waals surface area contributed by atoms with Crippen LogP contribution in [0.4, 0.5) is 17.1 Å². The van der Waals surface area contributed by atoms with Crippen molar-refractivity contribution in [3.05, 3.63) is 83.9 Å². The Morgan fingerprint density at radius 1 is 0.925 bits per heavy atom. The Hall–Kier alpha value is -4.50.